The molecule has 0 spiro atoms. The first kappa shape index (κ1) is 25.7. The number of nitrogens with zero attached hydrogens (tertiary/aromatic N) is 3. The second kappa shape index (κ2) is 11.5. The molecule has 1 heterocycles. The Kier molecular flexibility index (Phi) is 8.67. The maximum atomic E-state index is 13.4. The average Bonchev–Trinajstić information content (AvgIpc) is 2.84. The first-order valence-electron chi connectivity index (χ1n) is 11.6. The van der Waals surface area contributed by atoms with E-state index in [-0.39, 0.29) is 17.6 Å². The lowest BCUT2D eigenvalue weighted by Crippen LogP contribution is -2.23. The smallest absolute Gasteiger partial charge is 0.282 e. The zero-order valence-corrected chi connectivity index (χ0v) is 22.1. The zero-order chi connectivity index (χ0) is 24.8. The molecular formula is C27H32BrN3O3. The summed E-state index contributed by atoms with van der Waals surface area (Å²) in [6, 6.07) is 9.38. The van der Waals surface area contributed by atoms with Crippen LogP contribution >= 0.6 is 15.9 Å². The van der Waals surface area contributed by atoms with Crippen LogP contribution < -0.4 is 15.0 Å². The van der Waals surface area contributed by atoms with E-state index >= 15 is 0 Å². The minimum atomic E-state index is -0.201. The number of methoxy groups -OCH3 is 1. The topological polar surface area (TPSA) is 65.7 Å². The van der Waals surface area contributed by atoms with Crippen LogP contribution in [0.15, 0.2) is 57.4 Å². The lowest BCUT2D eigenvalue weighted by atomic mass is 10.1. The Bertz CT molecular complexity index is 1270. The van der Waals surface area contributed by atoms with Gasteiger partial charge in [0.1, 0.15) is 5.82 Å². The van der Waals surface area contributed by atoms with Crippen LogP contribution in [-0.2, 0) is 6.42 Å². The Labute approximate surface area is 209 Å². The highest BCUT2D eigenvalue weighted by molar-refractivity contribution is 9.10. The van der Waals surface area contributed by atoms with Crippen LogP contribution in [0.1, 0.15) is 63.4 Å². The number of allylic oxidation sites excluding steroid dienone is 1. The van der Waals surface area contributed by atoms with Gasteiger partial charge in [0.05, 0.1) is 30.3 Å². The largest absolute Gasteiger partial charge is 0.493 e. The van der Waals surface area contributed by atoms with Crippen LogP contribution in [0.25, 0.3) is 10.9 Å². The molecule has 0 fully saturated rings. The van der Waals surface area contributed by atoms with Crippen molar-refractivity contribution in [1.82, 2.24) is 9.66 Å². The third kappa shape index (κ3) is 5.58. The van der Waals surface area contributed by atoms with Gasteiger partial charge in [0.15, 0.2) is 11.5 Å². The predicted molar refractivity (Wildman–Crippen MR) is 143 cm³/mol. The van der Waals surface area contributed by atoms with Gasteiger partial charge in [-0.1, -0.05) is 42.8 Å². The molecule has 0 radical (unpaired) electrons. The Hall–Kier alpha value is -2.93. The fourth-order valence-corrected chi connectivity index (χ4v) is 3.90. The second-order valence-corrected chi connectivity index (χ2v) is 9.26. The molecule has 0 aliphatic rings. The van der Waals surface area contributed by atoms with Gasteiger partial charge in [0.25, 0.3) is 5.56 Å². The Morgan fingerprint density at radius 1 is 1.21 bits per heavy atom. The number of fused-ring (bicyclic) bond motifs is 1. The maximum Gasteiger partial charge on any atom is 0.282 e. The molecule has 3 rings (SSSR count). The molecule has 0 N–H and O–H groups in total. The number of halogens is 1. The van der Waals surface area contributed by atoms with Crippen molar-refractivity contribution >= 4 is 33.0 Å². The van der Waals surface area contributed by atoms with E-state index in [1.54, 1.807) is 19.4 Å². The normalized spacial score (nSPS) is 13.2. The van der Waals surface area contributed by atoms with Crippen molar-refractivity contribution in [1.29, 1.82) is 0 Å². The van der Waals surface area contributed by atoms with E-state index in [9.17, 15) is 4.79 Å². The summed E-state index contributed by atoms with van der Waals surface area (Å²) in [7, 11) is 1.62. The SMILES string of the molecule is C=CCc1cc(C=Nn2c([C@@H](C)CC)nc3ccc(Br)cc3c2=O)cc(OC)c1O[C@H](C)CC. The van der Waals surface area contributed by atoms with Crippen LogP contribution in [0.4, 0.5) is 0 Å². The summed E-state index contributed by atoms with van der Waals surface area (Å²) >= 11 is 3.45. The number of hydrogen-bond acceptors (Lipinski definition) is 5. The fraction of sp³-hybridized carbons (Fsp3) is 0.370. The molecule has 0 saturated carbocycles. The number of benzene rings is 2. The monoisotopic (exact) mass is 525 g/mol. The fourth-order valence-electron chi connectivity index (χ4n) is 3.54. The Balaban J connectivity index is 2.15. The van der Waals surface area contributed by atoms with Crippen LogP contribution in [0.5, 0.6) is 11.5 Å². The standard InChI is InChI=1S/C27H32BrN3O3/c1-7-10-20-13-19(14-24(33-6)25(20)34-18(5)9-3)16-29-31-26(17(4)8-2)30-23-12-11-21(28)15-22(23)27(31)32/h7,11-18H,1,8-10H2,2-6H3/t17-,18+/m0/s1. The molecule has 2 aromatic carbocycles. The molecule has 34 heavy (non-hydrogen) atoms. The van der Waals surface area contributed by atoms with Crippen LogP contribution in [-0.4, -0.2) is 29.1 Å². The minimum Gasteiger partial charge on any atom is -0.493 e. The van der Waals surface area contributed by atoms with Gasteiger partial charge in [-0.25, -0.2) is 4.98 Å². The highest BCUT2D eigenvalue weighted by Gasteiger charge is 2.17. The molecule has 0 amide bonds. The Morgan fingerprint density at radius 2 is 1.97 bits per heavy atom. The summed E-state index contributed by atoms with van der Waals surface area (Å²) in [5.41, 5.74) is 2.21. The van der Waals surface area contributed by atoms with Crippen molar-refractivity contribution < 1.29 is 9.47 Å². The first-order chi connectivity index (χ1) is 16.3. The average molecular weight is 526 g/mol. The maximum absolute atomic E-state index is 13.4. The summed E-state index contributed by atoms with van der Waals surface area (Å²) < 4.78 is 14.0. The number of rotatable bonds is 10. The minimum absolute atomic E-state index is 0.0525. The lowest BCUT2D eigenvalue weighted by molar-refractivity contribution is 0.206. The van der Waals surface area contributed by atoms with E-state index in [1.165, 1.54) is 4.68 Å². The van der Waals surface area contributed by atoms with Gasteiger partial charge in [0, 0.05) is 16.0 Å². The third-order valence-electron chi connectivity index (χ3n) is 5.84. The molecule has 180 valence electrons. The molecule has 0 aliphatic heterocycles. The highest BCUT2D eigenvalue weighted by atomic mass is 79.9. The predicted octanol–water partition coefficient (Wildman–Crippen LogP) is 6.47. The van der Waals surface area contributed by atoms with Crippen molar-refractivity contribution in [3.63, 3.8) is 0 Å². The molecule has 1 aromatic heterocycles. The van der Waals surface area contributed by atoms with Crippen molar-refractivity contribution in [2.75, 3.05) is 7.11 Å². The summed E-state index contributed by atoms with van der Waals surface area (Å²) in [6.45, 7) is 12.1. The summed E-state index contributed by atoms with van der Waals surface area (Å²) in [5.74, 6) is 2.03. The van der Waals surface area contributed by atoms with Crippen LogP contribution in [0.3, 0.4) is 0 Å². The van der Waals surface area contributed by atoms with E-state index in [4.69, 9.17) is 14.5 Å². The van der Waals surface area contributed by atoms with Gasteiger partial charge < -0.3 is 9.47 Å². The lowest BCUT2D eigenvalue weighted by Gasteiger charge is -2.19. The van der Waals surface area contributed by atoms with E-state index in [0.717, 1.165) is 28.4 Å². The van der Waals surface area contributed by atoms with Gasteiger partial charge in [-0.2, -0.15) is 9.78 Å². The highest BCUT2D eigenvalue weighted by Crippen LogP contribution is 2.34. The summed E-state index contributed by atoms with van der Waals surface area (Å²) in [4.78, 5) is 18.1. The molecule has 0 saturated heterocycles. The third-order valence-corrected chi connectivity index (χ3v) is 6.33. The van der Waals surface area contributed by atoms with Gasteiger partial charge >= 0.3 is 0 Å². The molecule has 2 atom stereocenters. The molecule has 0 aliphatic carbocycles. The van der Waals surface area contributed by atoms with Crippen molar-refractivity contribution in [3.05, 3.63) is 74.8 Å². The van der Waals surface area contributed by atoms with Gasteiger partial charge in [-0.15, -0.1) is 6.58 Å². The zero-order valence-electron chi connectivity index (χ0n) is 20.5. The van der Waals surface area contributed by atoms with Gasteiger partial charge in [-0.3, -0.25) is 4.79 Å². The molecule has 6 nitrogen and oxygen atoms in total. The van der Waals surface area contributed by atoms with Gasteiger partial charge in [0.2, 0.25) is 0 Å². The van der Waals surface area contributed by atoms with Crippen LogP contribution in [0.2, 0.25) is 0 Å². The van der Waals surface area contributed by atoms with E-state index in [2.05, 4.69) is 41.5 Å². The number of hydrogen-bond donors (Lipinski definition) is 0. The quantitative estimate of drug-likeness (QED) is 0.224. The Morgan fingerprint density at radius 3 is 2.62 bits per heavy atom. The van der Waals surface area contributed by atoms with Crippen molar-refractivity contribution in [2.45, 2.75) is 59.0 Å². The molecular weight excluding hydrogens is 494 g/mol. The van der Waals surface area contributed by atoms with Gasteiger partial charge in [-0.05, 0) is 62.1 Å². The van der Waals surface area contributed by atoms with Crippen molar-refractivity contribution in [3.8, 4) is 11.5 Å². The summed E-state index contributed by atoms with van der Waals surface area (Å²) in [5, 5.41) is 5.10. The molecule has 0 bridgehead atoms. The van der Waals surface area contributed by atoms with Crippen LogP contribution in [0, 0.1) is 0 Å². The van der Waals surface area contributed by atoms with E-state index in [1.807, 2.05) is 44.2 Å². The molecule has 3 aromatic rings. The molecule has 7 heteroatoms. The second-order valence-electron chi connectivity index (χ2n) is 8.34. The van der Waals surface area contributed by atoms with Crippen molar-refractivity contribution in [2.24, 2.45) is 5.10 Å². The number of aromatic nitrogens is 2. The summed E-state index contributed by atoms with van der Waals surface area (Å²) in [6.07, 6.45) is 5.89. The molecule has 0 unspecified atom stereocenters. The van der Waals surface area contributed by atoms with E-state index < -0.39 is 0 Å². The first-order valence-corrected chi connectivity index (χ1v) is 12.4. The number of ether oxygens (including phenoxy) is 2. The van der Waals surface area contributed by atoms with E-state index in [0.29, 0.717) is 34.6 Å².